The van der Waals surface area contributed by atoms with E-state index in [1.165, 1.54) is 0 Å². The van der Waals surface area contributed by atoms with Crippen LogP contribution in [0.4, 0.5) is 5.69 Å². The first-order valence-corrected chi connectivity index (χ1v) is 9.49. The Morgan fingerprint density at radius 3 is 2.35 bits per heavy atom. The third kappa shape index (κ3) is 2.81. The van der Waals surface area contributed by atoms with Gasteiger partial charge in [-0.15, -0.1) is 0 Å². The van der Waals surface area contributed by atoms with Gasteiger partial charge in [-0.3, -0.25) is 9.59 Å². The molecule has 2 saturated carbocycles. The average molecular weight is 358 g/mol. The molecular formula is C20H26N2O4. The molecule has 0 spiro atoms. The van der Waals surface area contributed by atoms with Crippen LogP contribution in [0.15, 0.2) is 24.3 Å². The minimum absolute atomic E-state index is 0.0595. The number of carbonyl (C=O) groups excluding carboxylic acids is 1. The Morgan fingerprint density at radius 1 is 1.04 bits per heavy atom. The summed E-state index contributed by atoms with van der Waals surface area (Å²) >= 11 is 0. The van der Waals surface area contributed by atoms with Crippen LogP contribution >= 0.6 is 0 Å². The van der Waals surface area contributed by atoms with Crippen LogP contribution in [0.25, 0.3) is 0 Å². The number of aliphatic carboxylic acids is 1. The van der Waals surface area contributed by atoms with Crippen molar-refractivity contribution in [2.45, 2.75) is 19.3 Å². The minimum Gasteiger partial charge on any atom is -0.495 e. The largest absolute Gasteiger partial charge is 0.495 e. The maximum atomic E-state index is 13.1. The van der Waals surface area contributed by atoms with Gasteiger partial charge in [0.2, 0.25) is 5.91 Å². The number of ether oxygens (including phenoxy) is 1. The third-order valence-corrected chi connectivity index (χ3v) is 6.50. The highest BCUT2D eigenvalue weighted by Crippen LogP contribution is 2.53. The van der Waals surface area contributed by atoms with Crippen LogP contribution in [0, 0.1) is 23.7 Å². The molecule has 0 aromatic heterocycles. The standard InChI is InChI=1S/C20H26N2O4/c1-26-16-5-3-2-4-15(16)21-8-10-22(11-9-21)19(23)17-13-6-7-14(12-13)18(17)20(24)25/h2-5,13-14,17-18H,6-12H2,1H3,(H,24,25)/t13-,14-,17+,18-/m0/s1. The number of hydrogen-bond donors (Lipinski definition) is 1. The Hall–Kier alpha value is -2.24. The predicted octanol–water partition coefficient (Wildman–Crippen LogP) is 2.09. The summed E-state index contributed by atoms with van der Waals surface area (Å²) in [7, 11) is 1.67. The molecular weight excluding hydrogens is 332 g/mol. The number of fused-ring (bicyclic) bond motifs is 2. The van der Waals surface area contributed by atoms with Crippen molar-refractivity contribution < 1.29 is 19.4 Å². The molecule has 2 bridgehead atoms. The van der Waals surface area contributed by atoms with Crippen molar-refractivity contribution in [2.24, 2.45) is 23.7 Å². The lowest BCUT2D eigenvalue weighted by molar-refractivity contribution is -0.153. The number of carbonyl (C=O) groups is 2. The zero-order valence-electron chi connectivity index (χ0n) is 15.1. The first-order chi connectivity index (χ1) is 12.6. The summed E-state index contributed by atoms with van der Waals surface area (Å²) in [5.74, 6) is -0.224. The first kappa shape index (κ1) is 17.2. The SMILES string of the molecule is COc1ccccc1N1CCN(C(=O)[C@@H]2[C@H]3CC[C@@H](C3)[C@@H]2C(=O)O)CC1. The predicted molar refractivity (Wildman–Crippen MR) is 97.2 cm³/mol. The fourth-order valence-corrected chi connectivity index (χ4v) is 5.27. The first-order valence-electron chi connectivity index (χ1n) is 9.49. The van der Waals surface area contributed by atoms with E-state index in [4.69, 9.17) is 4.74 Å². The summed E-state index contributed by atoms with van der Waals surface area (Å²) in [6, 6.07) is 7.91. The molecule has 0 unspecified atom stereocenters. The van der Waals surface area contributed by atoms with Crippen molar-refractivity contribution in [2.75, 3.05) is 38.2 Å². The fraction of sp³-hybridized carbons (Fsp3) is 0.600. The summed E-state index contributed by atoms with van der Waals surface area (Å²) in [4.78, 5) is 28.9. The smallest absolute Gasteiger partial charge is 0.307 e. The molecule has 3 aliphatic rings. The molecule has 1 aromatic carbocycles. The van der Waals surface area contributed by atoms with Crippen molar-refractivity contribution in [1.82, 2.24) is 4.90 Å². The van der Waals surface area contributed by atoms with E-state index in [1.807, 2.05) is 29.2 Å². The zero-order chi connectivity index (χ0) is 18.3. The Morgan fingerprint density at radius 2 is 1.69 bits per heavy atom. The van der Waals surface area contributed by atoms with Crippen LogP contribution in [0.3, 0.4) is 0 Å². The Bertz CT molecular complexity index is 699. The molecule has 1 aliphatic heterocycles. The fourth-order valence-electron chi connectivity index (χ4n) is 5.27. The molecule has 4 atom stereocenters. The van der Waals surface area contributed by atoms with Crippen LogP contribution in [-0.4, -0.2) is 55.2 Å². The summed E-state index contributed by atoms with van der Waals surface area (Å²) < 4.78 is 5.44. The topological polar surface area (TPSA) is 70.1 Å². The molecule has 1 aromatic rings. The number of benzene rings is 1. The lowest BCUT2D eigenvalue weighted by Crippen LogP contribution is -2.52. The second-order valence-corrected chi connectivity index (χ2v) is 7.71. The molecule has 6 nitrogen and oxygen atoms in total. The average Bonchev–Trinajstić information content (AvgIpc) is 3.29. The highest BCUT2D eigenvalue weighted by Gasteiger charge is 2.54. The number of carboxylic acid groups (broad SMARTS) is 1. The van der Waals surface area contributed by atoms with Crippen LogP contribution < -0.4 is 9.64 Å². The van der Waals surface area contributed by atoms with Crippen molar-refractivity contribution >= 4 is 17.6 Å². The third-order valence-electron chi connectivity index (χ3n) is 6.50. The van der Waals surface area contributed by atoms with Crippen molar-refractivity contribution in [3.05, 3.63) is 24.3 Å². The maximum absolute atomic E-state index is 13.1. The number of piperazine rings is 1. The van der Waals surface area contributed by atoms with Gasteiger partial charge in [-0.1, -0.05) is 12.1 Å². The summed E-state index contributed by atoms with van der Waals surface area (Å²) in [5, 5.41) is 9.61. The van der Waals surface area contributed by atoms with Crippen LogP contribution in [0.5, 0.6) is 5.75 Å². The molecule has 140 valence electrons. The van der Waals surface area contributed by atoms with Crippen molar-refractivity contribution in [1.29, 1.82) is 0 Å². The minimum atomic E-state index is -0.789. The second kappa shape index (κ2) is 6.82. The lowest BCUT2D eigenvalue weighted by atomic mass is 9.78. The van der Waals surface area contributed by atoms with Gasteiger partial charge in [-0.2, -0.15) is 0 Å². The van der Waals surface area contributed by atoms with Gasteiger partial charge in [-0.25, -0.2) is 0 Å². The second-order valence-electron chi connectivity index (χ2n) is 7.71. The van der Waals surface area contributed by atoms with E-state index in [1.54, 1.807) is 7.11 Å². The normalized spacial score (nSPS) is 30.5. The number of methoxy groups -OCH3 is 1. The number of hydrogen-bond acceptors (Lipinski definition) is 4. The summed E-state index contributed by atoms with van der Waals surface area (Å²) in [6.07, 6.45) is 2.88. The van der Waals surface area contributed by atoms with Gasteiger partial charge in [0.25, 0.3) is 0 Å². The molecule has 3 fully saturated rings. The van der Waals surface area contributed by atoms with Crippen LogP contribution in [0.1, 0.15) is 19.3 Å². The maximum Gasteiger partial charge on any atom is 0.307 e. The van der Waals surface area contributed by atoms with Gasteiger partial charge < -0.3 is 19.6 Å². The van der Waals surface area contributed by atoms with Gasteiger partial charge in [-0.05, 0) is 43.2 Å². The van der Waals surface area contributed by atoms with Gasteiger partial charge in [0.05, 0.1) is 24.6 Å². The summed E-state index contributed by atoms with van der Waals surface area (Å²) in [6.45, 7) is 2.75. The van der Waals surface area contributed by atoms with E-state index < -0.39 is 11.9 Å². The van der Waals surface area contributed by atoms with Crippen molar-refractivity contribution in [3.63, 3.8) is 0 Å². The Balaban J connectivity index is 1.43. The molecule has 26 heavy (non-hydrogen) atoms. The van der Waals surface area contributed by atoms with Gasteiger partial charge in [0.1, 0.15) is 5.75 Å². The van der Waals surface area contributed by atoms with Gasteiger partial charge >= 0.3 is 5.97 Å². The number of para-hydroxylation sites is 2. The van der Waals surface area contributed by atoms with Crippen molar-refractivity contribution in [3.8, 4) is 5.75 Å². The summed E-state index contributed by atoms with van der Waals surface area (Å²) in [5.41, 5.74) is 1.05. The molecule has 1 saturated heterocycles. The molecule has 0 radical (unpaired) electrons. The Kier molecular flexibility index (Phi) is 4.51. The van der Waals surface area contributed by atoms with Gasteiger partial charge in [0, 0.05) is 26.2 Å². The Labute approximate surface area is 153 Å². The number of nitrogens with zero attached hydrogens (tertiary/aromatic N) is 2. The molecule has 1 amide bonds. The van der Waals surface area contributed by atoms with E-state index >= 15 is 0 Å². The number of amides is 1. The monoisotopic (exact) mass is 358 g/mol. The number of carboxylic acids is 1. The quantitative estimate of drug-likeness (QED) is 0.892. The molecule has 1 heterocycles. The zero-order valence-corrected chi connectivity index (χ0v) is 15.1. The van der Waals surface area contributed by atoms with E-state index in [9.17, 15) is 14.7 Å². The molecule has 6 heteroatoms. The van der Waals surface area contributed by atoms with E-state index in [-0.39, 0.29) is 23.7 Å². The van der Waals surface area contributed by atoms with Crippen LogP contribution in [0.2, 0.25) is 0 Å². The van der Waals surface area contributed by atoms with Crippen LogP contribution in [-0.2, 0) is 9.59 Å². The highest BCUT2D eigenvalue weighted by atomic mass is 16.5. The highest BCUT2D eigenvalue weighted by molar-refractivity contribution is 5.86. The number of rotatable bonds is 4. The van der Waals surface area contributed by atoms with Gasteiger partial charge in [0.15, 0.2) is 0 Å². The lowest BCUT2D eigenvalue weighted by Gasteiger charge is -2.39. The molecule has 2 aliphatic carbocycles. The number of anilines is 1. The van der Waals surface area contributed by atoms with E-state index in [0.29, 0.717) is 13.1 Å². The van der Waals surface area contributed by atoms with E-state index in [2.05, 4.69) is 4.90 Å². The molecule has 1 N–H and O–H groups in total. The molecule has 4 rings (SSSR count). The van der Waals surface area contributed by atoms with E-state index in [0.717, 1.165) is 43.8 Å².